The lowest BCUT2D eigenvalue weighted by atomic mass is 9.93. The van der Waals surface area contributed by atoms with Crippen LogP contribution < -0.4 is 0 Å². The standard InChI is InChI=1S/C14H16N5/c1-2-9-4-3-5-10(9)14-18-17-12-8-16-13-11(19(12)14)6-7-15-13/h3,6-10,15H,2,4-5H2,1H3/t9-,10+/m1/s1. The summed E-state index contributed by atoms with van der Waals surface area (Å²) >= 11 is 0. The molecule has 0 aromatic carbocycles. The highest BCUT2D eigenvalue weighted by molar-refractivity contribution is 5.74. The summed E-state index contributed by atoms with van der Waals surface area (Å²) in [4.78, 5) is 7.51. The fraction of sp³-hybridized carbons (Fsp3) is 0.429. The van der Waals surface area contributed by atoms with Crippen LogP contribution in [0.3, 0.4) is 0 Å². The van der Waals surface area contributed by atoms with Crippen LogP contribution in [-0.4, -0.2) is 24.6 Å². The zero-order chi connectivity index (χ0) is 12.8. The van der Waals surface area contributed by atoms with E-state index >= 15 is 0 Å². The van der Waals surface area contributed by atoms with E-state index in [4.69, 9.17) is 0 Å². The first kappa shape index (κ1) is 11.0. The average molecular weight is 254 g/mol. The van der Waals surface area contributed by atoms with Crippen molar-refractivity contribution in [1.82, 2.24) is 24.6 Å². The van der Waals surface area contributed by atoms with E-state index < -0.39 is 0 Å². The molecule has 0 saturated heterocycles. The first-order chi connectivity index (χ1) is 9.38. The van der Waals surface area contributed by atoms with E-state index in [1.165, 1.54) is 12.8 Å². The van der Waals surface area contributed by atoms with Crippen molar-refractivity contribution in [1.29, 1.82) is 0 Å². The SMILES string of the molecule is CC[C@@H]1C[CH]C[C@@H]1c1nnc2cnc3[nH]ccc3n12. The smallest absolute Gasteiger partial charge is 0.179 e. The van der Waals surface area contributed by atoms with E-state index in [1.807, 2.05) is 12.3 Å². The van der Waals surface area contributed by atoms with E-state index in [0.717, 1.165) is 29.1 Å². The normalized spacial score (nSPS) is 23.6. The van der Waals surface area contributed by atoms with Crippen molar-refractivity contribution in [3.63, 3.8) is 0 Å². The monoisotopic (exact) mass is 254 g/mol. The van der Waals surface area contributed by atoms with Gasteiger partial charge in [0, 0.05) is 12.1 Å². The molecule has 3 heterocycles. The number of fused-ring (bicyclic) bond motifs is 3. The molecule has 1 radical (unpaired) electrons. The van der Waals surface area contributed by atoms with Crippen molar-refractivity contribution in [3.05, 3.63) is 30.7 Å². The quantitative estimate of drug-likeness (QED) is 0.765. The third kappa shape index (κ3) is 1.50. The number of H-pyrrole nitrogens is 1. The minimum absolute atomic E-state index is 0.487. The summed E-state index contributed by atoms with van der Waals surface area (Å²) in [6.45, 7) is 2.26. The maximum atomic E-state index is 4.44. The minimum Gasteiger partial charge on any atom is -0.345 e. The number of aromatic nitrogens is 5. The summed E-state index contributed by atoms with van der Waals surface area (Å²) in [5.41, 5.74) is 2.80. The molecule has 19 heavy (non-hydrogen) atoms. The second kappa shape index (κ2) is 4.05. The van der Waals surface area contributed by atoms with E-state index in [2.05, 4.69) is 37.9 Å². The van der Waals surface area contributed by atoms with E-state index in [0.29, 0.717) is 11.8 Å². The molecule has 1 aliphatic rings. The van der Waals surface area contributed by atoms with Crippen LogP contribution in [0.2, 0.25) is 0 Å². The number of nitrogens with one attached hydrogen (secondary N) is 1. The molecule has 3 aromatic heterocycles. The minimum atomic E-state index is 0.487. The Morgan fingerprint density at radius 2 is 2.32 bits per heavy atom. The number of hydrogen-bond donors (Lipinski definition) is 1. The van der Waals surface area contributed by atoms with Gasteiger partial charge in [-0.1, -0.05) is 13.3 Å². The van der Waals surface area contributed by atoms with Crippen molar-refractivity contribution in [2.75, 3.05) is 0 Å². The average Bonchev–Trinajstić information content (AvgIpc) is 3.15. The highest BCUT2D eigenvalue weighted by Gasteiger charge is 2.31. The molecule has 0 bridgehead atoms. The first-order valence-electron chi connectivity index (χ1n) is 6.87. The van der Waals surface area contributed by atoms with Crippen LogP contribution in [0.15, 0.2) is 18.5 Å². The predicted molar refractivity (Wildman–Crippen MR) is 72.7 cm³/mol. The van der Waals surface area contributed by atoms with Crippen molar-refractivity contribution < 1.29 is 0 Å². The highest BCUT2D eigenvalue weighted by Crippen LogP contribution is 2.40. The van der Waals surface area contributed by atoms with Gasteiger partial charge in [0.25, 0.3) is 0 Å². The second-order valence-corrected chi connectivity index (χ2v) is 5.26. The summed E-state index contributed by atoms with van der Waals surface area (Å²) < 4.78 is 2.16. The summed E-state index contributed by atoms with van der Waals surface area (Å²) in [6.07, 6.45) is 9.58. The van der Waals surface area contributed by atoms with Crippen LogP contribution in [0.1, 0.15) is 37.9 Å². The molecule has 2 atom stereocenters. The van der Waals surface area contributed by atoms with Gasteiger partial charge < -0.3 is 4.98 Å². The summed E-state index contributed by atoms with van der Waals surface area (Å²) in [5, 5.41) is 8.73. The van der Waals surface area contributed by atoms with Gasteiger partial charge in [0.1, 0.15) is 5.82 Å². The van der Waals surface area contributed by atoms with Crippen molar-refractivity contribution in [2.45, 2.75) is 32.1 Å². The molecular weight excluding hydrogens is 238 g/mol. The lowest BCUT2D eigenvalue weighted by Crippen LogP contribution is -2.09. The van der Waals surface area contributed by atoms with E-state index in [1.54, 1.807) is 6.20 Å². The molecule has 5 heteroatoms. The Labute approximate surface area is 111 Å². The Balaban J connectivity index is 1.96. The van der Waals surface area contributed by atoms with Crippen LogP contribution in [0.25, 0.3) is 16.8 Å². The molecule has 0 aliphatic heterocycles. The Morgan fingerprint density at radius 3 is 3.21 bits per heavy atom. The van der Waals surface area contributed by atoms with Crippen LogP contribution in [-0.2, 0) is 0 Å². The molecule has 0 amide bonds. The molecule has 1 saturated carbocycles. The molecule has 1 fully saturated rings. The van der Waals surface area contributed by atoms with Crippen molar-refractivity contribution >= 4 is 16.8 Å². The highest BCUT2D eigenvalue weighted by atomic mass is 15.3. The van der Waals surface area contributed by atoms with Gasteiger partial charge in [-0.2, -0.15) is 0 Å². The Bertz CT molecular complexity index is 726. The van der Waals surface area contributed by atoms with Gasteiger partial charge in [-0.05, 0) is 31.2 Å². The van der Waals surface area contributed by atoms with Gasteiger partial charge in [0.2, 0.25) is 0 Å². The summed E-state index contributed by atoms with van der Waals surface area (Å²) in [6, 6.07) is 2.04. The zero-order valence-corrected chi connectivity index (χ0v) is 10.9. The molecule has 0 unspecified atom stereocenters. The van der Waals surface area contributed by atoms with Crippen molar-refractivity contribution in [2.24, 2.45) is 5.92 Å². The van der Waals surface area contributed by atoms with Crippen LogP contribution >= 0.6 is 0 Å². The Hall–Kier alpha value is -1.91. The largest absolute Gasteiger partial charge is 0.345 e. The lowest BCUT2D eigenvalue weighted by molar-refractivity contribution is 0.452. The lowest BCUT2D eigenvalue weighted by Gasteiger charge is -2.16. The van der Waals surface area contributed by atoms with Crippen LogP contribution in [0, 0.1) is 12.3 Å². The molecular formula is C14H16N5. The topological polar surface area (TPSA) is 58.9 Å². The van der Waals surface area contributed by atoms with Crippen molar-refractivity contribution in [3.8, 4) is 0 Å². The fourth-order valence-corrected chi connectivity index (χ4v) is 3.25. The van der Waals surface area contributed by atoms with Gasteiger partial charge in [-0.25, -0.2) is 4.98 Å². The predicted octanol–water partition coefficient (Wildman–Crippen LogP) is 2.71. The maximum absolute atomic E-state index is 4.44. The molecule has 5 nitrogen and oxygen atoms in total. The molecule has 1 N–H and O–H groups in total. The summed E-state index contributed by atoms with van der Waals surface area (Å²) in [7, 11) is 0. The van der Waals surface area contributed by atoms with Gasteiger partial charge in [0.05, 0.1) is 11.7 Å². The van der Waals surface area contributed by atoms with Crippen LogP contribution in [0.5, 0.6) is 0 Å². The first-order valence-corrected chi connectivity index (χ1v) is 6.87. The van der Waals surface area contributed by atoms with E-state index in [9.17, 15) is 0 Å². The van der Waals surface area contributed by atoms with E-state index in [-0.39, 0.29) is 0 Å². The van der Waals surface area contributed by atoms with Gasteiger partial charge in [-0.15, -0.1) is 10.2 Å². The Kier molecular flexibility index (Phi) is 2.33. The second-order valence-electron chi connectivity index (χ2n) is 5.26. The third-order valence-electron chi connectivity index (χ3n) is 4.28. The number of rotatable bonds is 2. The molecule has 3 aromatic rings. The fourth-order valence-electron chi connectivity index (χ4n) is 3.25. The number of aromatic amines is 1. The summed E-state index contributed by atoms with van der Waals surface area (Å²) in [5.74, 6) is 2.26. The van der Waals surface area contributed by atoms with Gasteiger partial charge in [-0.3, -0.25) is 4.40 Å². The molecule has 97 valence electrons. The van der Waals surface area contributed by atoms with Gasteiger partial charge >= 0.3 is 0 Å². The van der Waals surface area contributed by atoms with Gasteiger partial charge in [0.15, 0.2) is 11.3 Å². The maximum Gasteiger partial charge on any atom is 0.179 e. The third-order valence-corrected chi connectivity index (χ3v) is 4.28. The Morgan fingerprint density at radius 1 is 1.37 bits per heavy atom. The number of hydrogen-bond acceptors (Lipinski definition) is 3. The number of nitrogens with zero attached hydrogens (tertiary/aromatic N) is 4. The molecule has 1 aliphatic carbocycles. The molecule has 4 rings (SSSR count). The zero-order valence-electron chi connectivity index (χ0n) is 10.9. The van der Waals surface area contributed by atoms with Crippen LogP contribution in [0.4, 0.5) is 0 Å². The molecule has 0 spiro atoms.